The van der Waals surface area contributed by atoms with Crippen LogP contribution in [0.3, 0.4) is 0 Å². The van der Waals surface area contributed by atoms with Crippen LogP contribution in [0.4, 0.5) is 5.69 Å². The zero-order valence-electron chi connectivity index (χ0n) is 19.6. The lowest BCUT2D eigenvalue weighted by atomic mass is 10.1. The van der Waals surface area contributed by atoms with E-state index in [9.17, 15) is 14.9 Å². The van der Waals surface area contributed by atoms with Crippen LogP contribution in [0, 0.1) is 22.7 Å². The summed E-state index contributed by atoms with van der Waals surface area (Å²) in [5.41, 5.74) is 2.24. The van der Waals surface area contributed by atoms with Crippen molar-refractivity contribution in [1.29, 1.82) is 10.5 Å². The van der Waals surface area contributed by atoms with E-state index in [1.54, 1.807) is 19.2 Å². The number of nitrogens with zero attached hydrogens (tertiary/aromatic N) is 6. The number of nitrogens with one attached hydrogen (secondary N) is 2. The molecule has 180 valence electrons. The van der Waals surface area contributed by atoms with E-state index in [1.165, 1.54) is 4.57 Å². The minimum absolute atomic E-state index is 0.190. The van der Waals surface area contributed by atoms with Gasteiger partial charge in [0, 0.05) is 24.5 Å². The Bertz CT molecular complexity index is 1510. The quantitative estimate of drug-likeness (QED) is 0.487. The monoisotopic (exact) mass is 490 g/mol. The van der Waals surface area contributed by atoms with Gasteiger partial charge in [-0.25, -0.2) is 4.98 Å². The second kappa shape index (κ2) is 10.6. The van der Waals surface area contributed by atoms with Crippen LogP contribution in [0.15, 0.2) is 29.3 Å². The molecule has 0 radical (unpaired) electrons. The predicted molar refractivity (Wildman–Crippen MR) is 135 cm³/mol. The summed E-state index contributed by atoms with van der Waals surface area (Å²) in [4.78, 5) is 32.1. The van der Waals surface area contributed by atoms with Gasteiger partial charge in [-0.2, -0.15) is 10.5 Å². The third-order valence-electron chi connectivity index (χ3n) is 6.13. The van der Waals surface area contributed by atoms with E-state index in [-0.39, 0.29) is 22.3 Å². The average Bonchev–Trinajstić information content (AvgIpc) is 3.42. The molecule has 1 amide bonds. The van der Waals surface area contributed by atoms with Gasteiger partial charge in [0.1, 0.15) is 21.8 Å². The molecule has 3 heterocycles. The second-order valence-electron chi connectivity index (χ2n) is 8.33. The summed E-state index contributed by atoms with van der Waals surface area (Å²) in [7, 11) is 2.14. The molecule has 1 aliphatic rings. The molecule has 1 saturated heterocycles. The number of benzene rings is 1. The maximum Gasteiger partial charge on any atom is 0.270 e. The lowest BCUT2D eigenvalue weighted by molar-refractivity contribution is -0.115. The molecule has 1 aromatic carbocycles. The zero-order chi connectivity index (χ0) is 24.9. The third kappa shape index (κ3) is 4.97. The first-order valence-corrected chi connectivity index (χ1v) is 12.2. The van der Waals surface area contributed by atoms with Gasteiger partial charge in [0.25, 0.3) is 11.5 Å². The number of carbonyl (C=O) groups is 1. The molecule has 1 fully saturated rings. The summed E-state index contributed by atoms with van der Waals surface area (Å²) in [6.07, 6.45) is 5.67. The molecule has 1 aliphatic heterocycles. The van der Waals surface area contributed by atoms with Crippen molar-refractivity contribution in [2.24, 2.45) is 0 Å². The number of aromatic nitrogens is 3. The molecular weight excluding hydrogens is 464 g/mol. The maximum atomic E-state index is 12.9. The summed E-state index contributed by atoms with van der Waals surface area (Å²) in [6.45, 7) is 3.99. The van der Waals surface area contributed by atoms with Crippen LogP contribution in [0.25, 0.3) is 22.8 Å². The molecule has 2 aromatic heterocycles. The van der Waals surface area contributed by atoms with E-state index >= 15 is 0 Å². The number of amides is 1. The number of nitriles is 2. The van der Waals surface area contributed by atoms with Gasteiger partial charge in [0.15, 0.2) is 5.57 Å². The molecule has 0 atom stereocenters. The van der Waals surface area contributed by atoms with Crippen molar-refractivity contribution < 1.29 is 4.79 Å². The average molecular weight is 491 g/mol. The van der Waals surface area contributed by atoms with Gasteiger partial charge in [0.05, 0.1) is 23.4 Å². The molecular formula is C24H26N8O2S. The minimum atomic E-state index is -0.678. The van der Waals surface area contributed by atoms with Crippen LogP contribution in [-0.4, -0.2) is 51.6 Å². The van der Waals surface area contributed by atoms with E-state index in [0.29, 0.717) is 17.1 Å². The Hall–Kier alpha value is -3.93. The van der Waals surface area contributed by atoms with Crippen LogP contribution in [0.1, 0.15) is 25.8 Å². The van der Waals surface area contributed by atoms with Crippen molar-refractivity contribution in [1.82, 2.24) is 24.3 Å². The zero-order valence-corrected chi connectivity index (χ0v) is 20.4. The first kappa shape index (κ1) is 24.2. The van der Waals surface area contributed by atoms with Crippen molar-refractivity contribution in [3.63, 3.8) is 0 Å². The highest BCUT2D eigenvalue weighted by Gasteiger charge is 2.20. The molecule has 0 spiro atoms. The van der Waals surface area contributed by atoms with Gasteiger partial charge in [-0.3, -0.25) is 14.2 Å². The fourth-order valence-corrected chi connectivity index (χ4v) is 5.32. The van der Waals surface area contributed by atoms with Gasteiger partial charge in [0.2, 0.25) is 0 Å². The number of piperidine rings is 1. The predicted octanol–water partition coefficient (Wildman–Crippen LogP) is 0.710. The third-order valence-corrected chi connectivity index (χ3v) is 7.26. The van der Waals surface area contributed by atoms with Crippen LogP contribution in [0.2, 0.25) is 0 Å². The first-order valence-electron chi connectivity index (χ1n) is 11.4. The smallest absolute Gasteiger partial charge is 0.270 e. The highest BCUT2D eigenvalue weighted by molar-refractivity contribution is 7.07. The molecule has 0 unspecified atom stereocenters. The van der Waals surface area contributed by atoms with Gasteiger partial charge in [-0.15, -0.1) is 11.3 Å². The standard InChI is InChI=1S/C24H26N8O2S/c1-3-31-23(34)21(35-24(31)18(13-26)22(33)27-9-8-25)14-28-16-4-5-20-19(12-16)29-15-32(20)17-6-10-30(2)11-7-17/h4-5,12,14-15,17,28H,3,6-7,9-11H2,1-2H3,(H,27,33)/b21-14-,24-18+. The van der Waals surface area contributed by atoms with Crippen molar-refractivity contribution in [2.75, 3.05) is 32.0 Å². The SMILES string of the molecule is CCn1c(=O)/c(=C/Nc2ccc3c(c2)ncn3C2CCN(C)CC2)s/c1=C(\C#N)C(=O)NCC#N. The first-order chi connectivity index (χ1) is 17.0. The number of fused-ring (bicyclic) bond motifs is 1. The Morgan fingerprint density at radius 3 is 2.77 bits per heavy atom. The number of hydrogen-bond acceptors (Lipinski definition) is 8. The van der Waals surface area contributed by atoms with E-state index < -0.39 is 5.91 Å². The Kier molecular flexibility index (Phi) is 7.30. The molecule has 2 N–H and O–H groups in total. The Balaban J connectivity index is 1.64. The van der Waals surface area contributed by atoms with Crippen molar-refractivity contribution in [3.05, 3.63) is 44.1 Å². The maximum absolute atomic E-state index is 12.9. The molecule has 0 aliphatic carbocycles. The highest BCUT2D eigenvalue weighted by Crippen LogP contribution is 2.27. The van der Waals surface area contributed by atoms with Gasteiger partial charge in [-0.05, 0) is 58.1 Å². The normalized spacial score (nSPS) is 16.1. The summed E-state index contributed by atoms with van der Waals surface area (Å²) < 4.78 is 4.25. The van der Waals surface area contributed by atoms with Crippen molar-refractivity contribution >= 4 is 45.7 Å². The van der Waals surface area contributed by atoms with Crippen molar-refractivity contribution in [2.45, 2.75) is 32.4 Å². The molecule has 0 bridgehead atoms. The molecule has 0 saturated carbocycles. The van der Waals surface area contributed by atoms with E-state index in [0.717, 1.165) is 54.0 Å². The summed E-state index contributed by atoms with van der Waals surface area (Å²) >= 11 is 1.06. The number of anilines is 1. The van der Waals surface area contributed by atoms with Gasteiger partial charge in [-0.1, -0.05) is 0 Å². The Labute approximate surface area is 206 Å². The molecule has 4 rings (SSSR count). The fraction of sp³-hybridized carbons (Fsp3) is 0.375. The van der Waals surface area contributed by atoms with E-state index in [4.69, 9.17) is 5.26 Å². The summed E-state index contributed by atoms with van der Waals surface area (Å²) in [6, 6.07) is 10.0. The molecule has 35 heavy (non-hydrogen) atoms. The van der Waals surface area contributed by atoms with Crippen LogP contribution < -0.4 is 25.4 Å². The van der Waals surface area contributed by atoms with Gasteiger partial charge < -0.3 is 20.1 Å². The van der Waals surface area contributed by atoms with E-state index in [1.807, 2.05) is 30.6 Å². The number of rotatable bonds is 6. The summed E-state index contributed by atoms with van der Waals surface area (Å²) in [5, 5.41) is 23.7. The highest BCUT2D eigenvalue weighted by atomic mass is 32.1. The minimum Gasteiger partial charge on any atom is -0.360 e. The Morgan fingerprint density at radius 2 is 2.09 bits per heavy atom. The number of carbonyl (C=O) groups excluding carboxylic acids is 1. The molecule has 10 nitrogen and oxygen atoms in total. The van der Waals surface area contributed by atoms with E-state index in [2.05, 4.69) is 32.1 Å². The fourth-order valence-electron chi connectivity index (χ4n) is 4.23. The lowest BCUT2D eigenvalue weighted by Crippen LogP contribution is -2.34. The van der Waals surface area contributed by atoms with Crippen LogP contribution in [-0.2, 0) is 11.3 Å². The largest absolute Gasteiger partial charge is 0.360 e. The number of thiazole rings is 1. The van der Waals surface area contributed by atoms with Crippen LogP contribution in [0.5, 0.6) is 0 Å². The molecule has 11 heteroatoms. The van der Waals surface area contributed by atoms with Gasteiger partial charge >= 0.3 is 0 Å². The molecule has 3 aromatic rings. The summed E-state index contributed by atoms with van der Waals surface area (Å²) in [5.74, 6) is -0.678. The topological polar surface area (TPSA) is 132 Å². The number of imidazole rings is 1. The Morgan fingerprint density at radius 1 is 1.31 bits per heavy atom. The van der Waals surface area contributed by atoms with Crippen LogP contribution >= 0.6 is 11.3 Å². The number of likely N-dealkylation sites (tertiary alicyclic amines) is 1. The lowest BCUT2D eigenvalue weighted by Gasteiger charge is -2.30. The van der Waals surface area contributed by atoms with Crippen molar-refractivity contribution in [3.8, 4) is 12.1 Å². The number of hydrogen-bond donors (Lipinski definition) is 2. The second-order valence-corrected chi connectivity index (χ2v) is 9.36.